The molecule has 0 radical (unpaired) electrons. The molecule has 0 unspecified atom stereocenters. The standard InChI is InChI=1S/C45H44N4O4S/c1-4-17-40(50)48-42-36(26-27-37(41(42)32-18-9-5-10-19-32)43(51)47-38(28-29-54-3)44(52)53-2)39-30-49(31-46-39)45(33-20-11-6-12-21-33,34-22-13-7-14-23-34)35-24-15-8-16-25-35/h5-16,18-27,30-31,38H,4,17,28-29H2,1-3H3,(H,47,51)(H,48,50)/t38-/m0/s1. The number of carbonyl (C=O) groups is 3. The minimum absolute atomic E-state index is 0.187. The van der Waals surface area contributed by atoms with Crippen LogP contribution in [0.2, 0.25) is 0 Å². The number of esters is 1. The molecule has 0 fully saturated rings. The summed E-state index contributed by atoms with van der Waals surface area (Å²) >= 11 is 1.58. The van der Waals surface area contributed by atoms with Gasteiger partial charge in [0.2, 0.25) is 5.91 Å². The number of amides is 2. The van der Waals surface area contributed by atoms with Crippen molar-refractivity contribution < 1.29 is 19.1 Å². The maximum atomic E-state index is 14.2. The fourth-order valence-electron chi connectivity index (χ4n) is 6.96. The average molecular weight is 737 g/mol. The van der Waals surface area contributed by atoms with Crippen LogP contribution in [0.5, 0.6) is 0 Å². The van der Waals surface area contributed by atoms with Crippen molar-refractivity contribution in [2.24, 2.45) is 0 Å². The van der Waals surface area contributed by atoms with Crippen molar-refractivity contribution in [3.63, 3.8) is 0 Å². The first-order valence-corrected chi connectivity index (χ1v) is 19.4. The second-order valence-electron chi connectivity index (χ2n) is 12.9. The fraction of sp³-hybridized carbons (Fsp3) is 0.200. The van der Waals surface area contributed by atoms with Crippen LogP contribution in [0.15, 0.2) is 146 Å². The Morgan fingerprint density at radius 1 is 0.796 bits per heavy atom. The summed E-state index contributed by atoms with van der Waals surface area (Å²) in [4.78, 5) is 45.5. The fourth-order valence-corrected chi connectivity index (χ4v) is 7.43. The van der Waals surface area contributed by atoms with Gasteiger partial charge in [-0.05, 0) is 59.2 Å². The third-order valence-corrected chi connectivity index (χ3v) is 10.1. The summed E-state index contributed by atoms with van der Waals surface area (Å²) in [6, 6.07) is 43.2. The van der Waals surface area contributed by atoms with E-state index in [1.54, 1.807) is 17.8 Å². The summed E-state index contributed by atoms with van der Waals surface area (Å²) in [6.45, 7) is 1.95. The molecule has 6 aromatic rings. The summed E-state index contributed by atoms with van der Waals surface area (Å²) in [5.74, 6) is -0.504. The number of hydrogen-bond donors (Lipinski definition) is 2. The Labute approximate surface area is 321 Å². The van der Waals surface area contributed by atoms with Crippen molar-refractivity contribution in [3.8, 4) is 22.4 Å². The number of nitrogens with zero attached hydrogens (tertiary/aromatic N) is 2. The number of benzene rings is 5. The van der Waals surface area contributed by atoms with E-state index in [1.165, 1.54) is 7.11 Å². The Morgan fingerprint density at radius 3 is 1.87 bits per heavy atom. The van der Waals surface area contributed by atoms with E-state index < -0.39 is 23.5 Å². The summed E-state index contributed by atoms with van der Waals surface area (Å²) in [6.07, 6.45) is 7.11. The predicted molar refractivity (Wildman–Crippen MR) is 218 cm³/mol. The van der Waals surface area contributed by atoms with E-state index >= 15 is 0 Å². The first-order valence-electron chi connectivity index (χ1n) is 18.0. The third kappa shape index (κ3) is 7.87. The SMILES string of the molecule is CCCC(=O)Nc1c(-c2cn(C(c3ccccc3)(c3ccccc3)c3ccccc3)cn2)ccc(C(=O)N[C@@H](CCSC)C(=O)OC)c1-c1ccccc1. The zero-order chi connectivity index (χ0) is 37.9. The highest BCUT2D eigenvalue weighted by Crippen LogP contribution is 2.44. The van der Waals surface area contributed by atoms with Crippen molar-refractivity contribution in [1.29, 1.82) is 0 Å². The van der Waals surface area contributed by atoms with Crippen molar-refractivity contribution in [2.45, 2.75) is 37.8 Å². The van der Waals surface area contributed by atoms with Crippen LogP contribution < -0.4 is 10.6 Å². The van der Waals surface area contributed by atoms with E-state index in [0.29, 0.717) is 46.7 Å². The molecular weight excluding hydrogens is 693 g/mol. The van der Waals surface area contributed by atoms with Crippen molar-refractivity contribution >= 4 is 35.2 Å². The number of aromatic nitrogens is 2. The predicted octanol–water partition coefficient (Wildman–Crippen LogP) is 8.82. The Kier molecular flexibility index (Phi) is 12.4. The number of carbonyl (C=O) groups excluding carboxylic acids is 3. The van der Waals surface area contributed by atoms with Gasteiger partial charge < -0.3 is 19.9 Å². The van der Waals surface area contributed by atoms with Gasteiger partial charge in [-0.2, -0.15) is 11.8 Å². The Bertz CT molecular complexity index is 2080. The molecule has 1 atom stereocenters. The molecule has 0 aliphatic heterocycles. The molecule has 2 N–H and O–H groups in total. The first-order chi connectivity index (χ1) is 26.4. The lowest BCUT2D eigenvalue weighted by atomic mass is 9.77. The van der Waals surface area contributed by atoms with Crippen LogP contribution in [-0.4, -0.2) is 52.5 Å². The van der Waals surface area contributed by atoms with Crippen molar-refractivity contribution in [1.82, 2.24) is 14.9 Å². The maximum absolute atomic E-state index is 14.2. The number of anilines is 1. The Hall–Kier alpha value is -5.93. The van der Waals surface area contributed by atoms with Gasteiger partial charge in [0.15, 0.2) is 0 Å². The quantitative estimate of drug-likeness (QED) is 0.0808. The molecule has 2 amide bonds. The van der Waals surface area contributed by atoms with Gasteiger partial charge in [-0.3, -0.25) is 9.59 Å². The van der Waals surface area contributed by atoms with E-state index in [9.17, 15) is 14.4 Å². The number of nitrogens with one attached hydrogen (secondary N) is 2. The smallest absolute Gasteiger partial charge is 0.328 e. The molecule has 9 heteroatoms. The second-order valence-corrected chi connectivity index (χ2v) is 13.9. The first kappa shape index (κ1) is 37.8. The van der Waals surface area contributed by atoms with E-state index in [1.807, 2.05) is 117 Å². The van der Waals surface area contributed by atoms with E-state index in [-0.39, 0.29) is 12.3 Å². The van der Waals surface area contributed by atoms with Crippen LogP contribution >= 0.6 is 11.8 Å². The Balaban J connectivity index is 1.58. The summed E-state index contributed by atoms with van der Waals surface area (Å²) < 4.78 is 7.16. The molecule has 1 heterocycles. The minimum atomic E-state index is -0.839. The van der Waals surface area contributed by atoms with Gasteiger partial charge in [0, 0.05) is 29.3 Å². The van der Waals surface area contributed by atoms with Gasteiger partial charge >= 0.3 is 5.97 Å². The van der Waals surface area contributed by atoms with Crippen LogP contribution in [0.4, 0.5) is 5.69 Å². The highest BCUT2D eigenvalue weighted by Gasteiger charge is 2.38. The molecule has 274 valence electrons. The summed E-state index contributed by atoms with van der Waals surface area (Å²) in [5.41, 5.74) is 5.59. The summed E-state index contributed by atoms with van der Waals surface area (Å²) in [7, 11) is 1.31. The normalized spacial score (nSPS) is 11.8. The Morgan fingerprint density at radius 2 is 1.35 bits per heavy atom. The zero-order valence-corrected chi connectivity index (χ0v) is 31.5. The molecular formula is C45H44N4O4S. The van der Waals surface area contributed by atoms with Gasteiger partial charge in [-0.15, -0.1) is 0 Å². The lowest BCUT2D eigenvalue weighted by Crippen LogP contribution is -2.42. The van der Waals surface area contributed by atoms with Gasteiger partial charge in [0.05, 0.1) is 24.8 Å². The number of hydrogen-bond acceptors (Lipinski definition) is 6. The van der Waals surface area contributed by atoms with Gasteiger partial charge in [-0.25, -0.2) is 9.78 Å². The molecule has 0 spiro atoms. The van der Waals surface area contributed by atoms with Crippen LogP contribution in [0.25, 0.3) is 22.4 Å². The maximum Gasteiger partial charge on any atom is 0.328 e. The highest BCUT2D eigenvalue weighted by molar-refractivity contribution is 7.98. The molecule has 1 aromatic heterocycles. The van der Waals surface area contributed by atoms with Gasteiger partial charge in [0.1, 0.15) is 11.6 Å². The van der Waals surface area contributed by atoms with E-state index in [4.69, 9.17) is 9.72 Å². The molecule has 6 rings (SSSR count). The third-order valence-electron chi connectivity index (χ3n) is 9.48. The lowest BCUT2D eigenvalue weighted by Gasteiger charge is -2.37. The van der Waals surface area contributed by atoms with Crippen LogP contribution in [0.1, 0.15) is 53.2 Å². The monoisotopic (exact) mass is 736 g/mol. The molecule has 8 nitrogen and oxygen atoms in total. The van der Waals surface area contributed by atoms with Crippen molar-refractivity contribution in [2.75, 3.05) is 24.4 Å². The van der Waals surface area contributed by atoms with E-state index in [0.717, 1.165) is 22.3 Å². The van der Waals surface area contributed by atoms with Crippen molar-refractivity contribution in [3.05, 3.63) is 168 Å². The molecule has 0 aliphatic rings. The number of methoxy groups -OCH3 is 1. The molecule has 54 heavy (non-hydrogen) atoms. The zero-order valence-electron chi connectivity index (χ0n) is 30.7. The van der Waals surface area contributed by atoms with Crippen LogP contribution in [0.3, 0.4) is 0 Å². The number of thioether (sulfide) groups is 1. The highest BCUT2D eigenvalue weighted by atomic mass is 32.2. The number of rotatable bonds is 15. The molecule has 0 aliphatic carbocycles. The number of imidazole rings is 1. The molecule has 5 aromatic carbocycles. The van der Waals surface area contributed by atoms with Gasteiger partial charge in [-0.1, -0.05) is 128 Å². The molecule has 0 saturated carbocycles. The minimum Gasteiger partial charge on any atom is -0.467 e. The second kappa shape index (κ2) is 17.7. The lowest BCUT2D eigenvalue weighted by molar-refractivity contribution is -0.142. The average Bonchev–Trinajstić information content (AvgIpc) is 3.71. The van der Waals surface area contributed by atoms with Crippen LogP contribution in [-0.2, 0) is 19.9 Å². The number of ether oxygens (including phenoxy) is 1. The molecule has 0 bridgehead atoms. The van der Waals surface area contributed by atoms with Gasteiger partial charge in [0.25, 0.3) is 5.91 Å². The summed E-state index contributed by atoms with van der Waals surface area (Å²) in [5, 5.41) is 6.09. The topological polar surface area (TPSA) is 102 Å². The largest absolute Gasteiger partial charge is 0.467 e. The molecule has 0 saturated heterocycles. The van der Waals surface area contributed by atoms with Crippen LogP contribution in [0, 0.1) is 0 Å². The van der Waals surface area contributed by atoms with E-state index in [2.05, 4.69) is 51.6 Å².